The molecule has 4 nitrogen and oxygen atoms in total. The average molecular weight is 247 g/mol. The van der Waals surface area contributed by atoms with E-state index in [1.165, 1.54) is 5.56 Å². The van der Waals surface area contributed by atoms with Crippen molar-refractivity contribution in [1.29, 1.82) is 0 Å². The fourth-order valence-electron chi connectivity index (χ4n) is 2.19. The first-order chi connectivity index (χ1) is 8.54. The Kier molecular flexibility index (Phi) is 3.68. The SMILES string of the molecule is CCCn1c(C(N)C(C)O)nc2cc(C)ccc21. The van der Waals surface area contributed by atoms with Crippen LogP contribution in [-0.2, 0) is 6.54 Å². The average Bonchev–Trinajstić information content (AvgIpc) is 2.66. The van der Waals surface area contributed by atoms with Crippen LogP contribution < -0.4 is 5.73 Å². The molecule has 1 aromatic carbocycles. The molecule has 0 saturated heterocycles. The largest absolute Gasteiger partial charge is 0.391 e. The van der Waals surface area contributed by atoms with Crippen molar-refractivity contribution in [1.82, 2.24) is 9.55 Å². The van der Waals surface area contributed by atoms with E-state index in [1.807, 2.05) is 6.92 Å². The van der Waals surface area contributed by atoms with Gasteiger partial charge >= 0.3 is 0 Å². The van der Waals surface area contributed by atoms with Gasteiger partial charge in [-0.05, 0) is 38.0 Å². The smallest absolute Gasteiger partial charge is 0.129 e. The summed E-state index contributed by atoms with van der Waals surface area (Å²) in [4.78, 5) is 4.59. The molecule has 1 aromatic heterocycles. The lowest BCUT2D eigenvalue weighted by atomic mass is 10.2. The molecule has 98 valence electrons. The third kappa shape index (κ3) is 2.26. The van der Waals surface area contributed by atoms with E-state index < -0.39 is 12.1 Å². The van der Waals surface area contributed by atoms with Gasteiger partial charge in [-0.25, -0.2) is 4.98 Å². The number of aliphatic hydroxyl groups is 1. The Morgan fingerprint density at radius 3 is 2.78 bits per heavy atom. The van der Waals surface area contributed by atoms with Crippen LogP contribution in [0.3, 0.4) is 0 Å². The minimum absolute atomic E-state index is 0.441. The first kappa shape index (κ1) is 13.1. The molecule has 0 aliphatic carbocycles. The molecule has 3 N–H and O–H groups in total. The molecule has 0 spiro atoms. The van der Waals surface area contributed by atoms with Crippen molar-refractivity contribution < 1.29 is 5.11 Å². The van der Waals surface area contributed by atoms with Gasteiger partial charge in [0.15, 0.2) is 0 Å². The zero-order chi connectivity index (χ0) is 13.3. The Labute approximate surface area is 107 Å². The van der Waals surface area contributed by atoms with Crippen molar-refractivity contribution in [3.05, 3.63) is 29.6 Å². The maximum Gasteiger partial charge on any atom is 0.129 e. The van der Waals surface area contributed by atoms with Crippen LogP contribution in [0.1, 0.15) is 37.7 Å². The molecule has 0 saturated carbocycles. The number of aliphatic hydroxyl groups excluding tert-OH is 1. The van der Waals surface area contributed by atoms with E-state index >= 15 is 0 Å². The molecule has 1 heterocycles. The van der Waals surface area contributed by atoms with Crippen LogP contribution in [0.15, 0.2) is 18.2 Å². The van der Waals surface area contributed by atoms with Crippen LogP contribution >= 0.6 is 0 Å². The Bertz CT molecular complexity index is 545. The molecule has 0 bridgehead atoms. The van der Waals surface area contributed by atoms with E-state index in [-0.39, 0.29) is 0 Å². The van der Waals surface area contributed by atoms with Crippen LogP contribution in [0, 0.1) is 6.92 Å². The summed E-state index contributed by atoms with van der Waals surface area (Å²) in [5.41, 5.74) is 9.26. The second-order valence-corrected chi connectivity index (χ2v) is 4.88. The van der Waals surface area contributed by atoms with Crippen molar-refractivity contribution in [2.75, 3.05) is 0 Å². The molecule has 18 heavy (non-hydrogen) atoms. The Balaban J connectivity index is 2.60. The number of imidazole rings is 1. The molecular formula is C14H21N3O. The highest BCUT2D eigenvalue weighted by Gasteiger charge is 2.20. The molecule has 0 radical (unpaired) electrons. The van der Waals surface area contributed by atoms with E-state index in [4.69, 9.17) is 5.73 Å². The first-order valence-electron chi connectivity index (χ1n) is 6.45. The number of nitrogens with zero attached hydrogens (tertiary/aromatic N) is 2. The molecule has 2 atom stereocenters. The first-order valence-corrected chi connectivity index (χ1v) is 6.45. The summed E-state index contributed by atoms with van der Waals surface area (Å²) in [5.74, 6) is 0.771. The molecule has 0 fully saturated rings. The van der Waals surface area contributed by atoms with Crippen LogP contribution in [0.4, 0.5) is 0 Å². The number of hydrogen-bond donors (Lipinski definition) is 2. The second-order valence-electron chi connectivity index (χ2n) is 4.88. The molecule has 2 unspecified atom stereocenters. The van der Waals surface area contributed by atoms with Crippen LogP contribution in [0.2, 0.25) is 0 Å². The lowest BCUT2D eigenvalue weighted by Gasteiger charge is -2.16. The van der Waals surface area contributed by atoms with E-state index in [1.54, 1.807) is 6.92 Å². The van der Waals surface area contributed by atoms with E-state index in [0.29, 0.717) is 0 Å². The van der Waals surface area contributed by atoms with Gasteiger partial charge in [-0.1, -0.05) is 13.0 Å². The van der Waals surface area contributed by atoms with Gasteiger partial charge in [-0.2, -0.15) is 0 Å². The monoisotopic (exact) mass is 247 g/mol. The van der Waals surface area contributed by atoms with Crippen molar-refractivity contribution in [3.63, 3.8) is 0 Å². The number of nitrogens with two attached hydrogens (primary N) is 1. The summed E-state index contributed by atoms with van der Waals surface area (Å²) in [6.45, 7) is 6.74. The molecular weight excluding hydrogens is 226 g/mol. The third-order valence-corrected chi connectivity index (χ3v) is 3.20. The fourth-order valence-corrected chi connectivity index (χ4v) is 2.19. The maximum absolute atomic E-state index is 9.67. The van der Waals surface area contributed by atoms with Gasteiger partial charge in [0.2, 0.25) is 0 Å². The highest BCUT2D eigenvalue weighted by atomic mass is 16.3. The molecule has 0 amide bonds. The summed E-state index contributed by atoms with van der Waals surface area (Å²) in [6, 6.07) is 5.77. The Morgan fingerprint density at radius 2 is 2.17 bits per heavy atom. The van der Waals surface area contributed by atoms with Gasteiger partial charge in [-0.15, -0.1) is 0 Å². The maximum atomic E-state index is 9.67. The standard InChI is InChI=1S/C14H21N3O/c1-4-7-17-12-6-5-9(2)8-11(12)16-14(17)13(15)10(3)18/h5-6,8,10,13,18H,4,7,15H2,1-3H3. The summed E-state index contributed by atoms with van der Waals surface area (Å²) in [5, 5.41) is 9.67. The number of aromatic nitrogens is 2. The molecule has 0 aliphatic heterocycles. The number of aryl methyl sites for hydroxylation is 2. The van der Waals surface area contributed by atoms with E-state index in [0.717, 1.165) is 29.8 Å². The second kappa shape index (κ2) is 5.08. The van der Waals surface area contributed by atoms with Gasteiger partial charge in [-0.3, -0.25) is 0 Å². The van der Waals surface area contributed by atoms with Crippen molar-refractivity contribution in [3.8, 4) is 0 Å². The Morgan fingerprint density at radius 1 is 1.44 bits per heavy atom. The summed E-state index contributed by atoms with van der Waals surface area (Å²) >= 11 is 0. The minimum Gasteiger partial charge on any atom is -0.391 e. The van der Waals surface area contributed by atoms with Crippen molar-refractivity contribution >= 4 is 11.0 Å². The van der Waals surface area contributed by atoms with Crippen LogP contribution in [0.5, 0.6) is 0 Å². The number of hydrogen-bond acceptors (Lipinski definition) is 3. The number of rotatable bonds is 4. The van der Waals surface area contributed by atoms with Crippen molar-refractivity contribution in [2.24, 2.45) is 5.73 Å². The lowest BCUT2D eigenvalue weighted by molar-refractivity contribution is 0.159. The highest BCUT2D eigenvalue weighted by Crippen LogP contribution is 2.23. The zero-order valence-corrected chi connectivity index (χ0v) is 11.2. The van der Waals surface area contributed by atoms with Crippen LogP contribution in [0.25, 0.3) is 11.0 Å². The predicted octanol–water partition coefficient (Wildman–Crippen LogP) is 2.14. The minimum atomic E-state index is -0.599. The van der Waals surface area contributed by atoms with Gasteiger partial charge in [0.1, 0.15) is 5.82 Å². The zero-order valence-electron chi connectivity index (χ0n) is 11.2. The lowest BCUT2D eigenvalue weighted by Crippen LogP contribution is -2.26. The summed E-state index contributed by atoms with van der Waals surface area (Å²) in [7, 11) is 0. The summed E-state index contributed by atoms with van der Waals surface area (Å²) < 4.78 is 2.12. The fraction of sp³-hybridized carbons (Fsp3) is 0.500. The normalized spacial score (nSPS) is 14.9. The quantitative estimate of drug-likeness (QED) is 0.870. The van der Waals surface area contributed by atoms with Crippen molar-refractivity contribution in [2.45, 2.75) is 45.9 Å². The third-order valence-electron chi connectivity index (χ3n) is 3.20. The van der Waals surface area contributed by atoms with Gasteiger partial charge in [0.05, 0.1) is 23.2 Å². The predicted molar refractivity (Wildman–Crippen MR) is 73.4 cm³/mol. The van der Waals surface area contributed by atoms with E-state index in [9.17, 15) is 5.11 Å². The molecule has 2 rings (SSSR count). The van der Waals surface area contributed by atoms with Gasteiger partial charge in [0, 0.05) is 6.54 Å². The molecule has 0 aliphatic rings. The summed E-state index contributed by atoms with van der Waals surface area (Å²) in [6.07, 6.45) is 0.414. The number of benzene rings is 1. The Hall–Kier alpha value is -1.39. The van der Waals surface area contributed by atoms with Gasteiger partial charge < -0.3 is 15.4 Å². The molecule has 2 aromatic rings. The highest BCUT2D eigenvalue weighted by molar-refractivity contribution is 5.77. The van der Waals surface area contributed by atoms with Gasteiger partial charge in [0.25, 0.3) is 0 Å². The number of fused-ring (bicyclic) bond motifs is 1. The van der Waals surface area contributed by atoms with E-state index in [2.05, 4.69) is 34.7 Å². The topological polar surface area (TPSA) is 64.1 Å². The molecule has 4 heteroatoms. The van der Waals surface area contributed by atoms with Crippen LogP contribution in [-0.4, -0.2) is 20.8 Å².